The molecule has 0 aliphatic heterocycles. The Balaban J connectivity index is 3.80. The van der Waals surface area contributed by atoms with Crippen molar-refractivity contribution in [1.29, 1.82) is 0 Å². The van der Waals surface area contributed by atoms with Crippen molar-refractivity contribution in [1.82, 2.24) is 5.32 Å². The van der Waals surface area contributed by atoms with E-state index in [2.05, 4.69) is 43.8 Å². The molecule has 0 saturated carbocycles. The lowest BCUT2D eigenvalue weighted by atomic mass is 10.7. The van der Waals surface area contributed by atoms with E-state index in [9.17, 15) is 0 Å². The molecule has 0 fully saturated rings. The first kappa shape index (κ1) is 8.42. The zero-order chi connectivity index (χ0) is 6.57. The molecule has 0 unspecified atom stereocenters. The van der Waals surface area contributed by atoms with E-state index in [1.54, 1.807) is 0 Å². The molecule has 0 heterocycles. The van der Waals surface area contributed by atoms with Crippen molar-refractivity contribution in [2.24, 2.45) is 0 Å². The number of nitrogens with one attached hydrogen (secondary N) is 1. The number of nitrogens with two attached hydrogens (primary N) is 1. The van der Waals surface area contributed by atoms with Crippen molar-refractivity contribution >= 4 is 43.1 Å². The zero-order valence-electron chi connectivity index (χ0n) is 4.41. The van der Waals surface area contributed by atoms with Crippen molar-refractivity contribution in [3.8, 4) is 0 Å². The highest BCUT2D eigenvalue weighted by molar-refractivity contribution is 14.1. The van der Waals surface area contributed by atoms with Gasteiger partial charge in [-0.2, -0.15) is 0 Å². The van der Waals surface area contributed by atoms with Gasteiger partial charge in [-0.1, -0.05) is 0 Å². The third-order valence-electron chi connectivity index (χ3n) is 0.499. The Kier molecular flexibility index (Phi) is 4.54. The molecule has 0 radical (unpaired) electrons. The molecule has 0 atom stereocenters. The first-order valence-corrected chi connectivity index (χ1v) is 3.87. The molecule has 46 valence electrons. The summed E-state index contributed by atoms with van der Waals surface area (Å²) in [7, 11) is 1.83. The third kappa shape index (κ3) is 3.43. The highest BCUT2D eigenvalue weighted by atomic mass is 127. The van der Waals surface area contributed by atoms with Crippen molar-refractivity contribution in [2.75, 3.05) is 7.05 Å². The fourth-order valence-corrected chi connectivity index (χ4v) is 0.622. The normalized spacial score (nSPS) is 11.1. The summed E-state index contributed by atoms with van der Waals surface area (Å²) in [5, 5.41) is 8.19. The molecule has 0 saturated heterocycles. The van der Waals surface area contributed by atoms with E-state index in [1.165, 1.54) is 0 Å². The van der Waals surface area contributed by atoms with Gasteiger partial charge in [-0.3, -0.25) is 0 Å². The highest BCUT2D eigenvalue weighted by Gasteiger charge is 1.98. The number of hydrogen-bond donors (Lipinski definition) is 2. The molecule has 0 aromatic carbocycles. The Morgan fingerprint density at radius 1 is 1.88 bits per heavy atom. The summed E-state index contributed by atoms with van der Waals surface area (Å²) in [4.78, 5) is 0. The van der Waals surface area contributed by atoms with E-state index in [0.29, 0.717) is 4.62 Å². The number of allylic oxidation sites excluding steroid dienone is 1. The number of halogens is 2. The number of rotatable bonds is 2. The summed E-state index contributed by atoms with van der Waals surface area (Å²) in [6.45, 7) is 0. The minimum absolute atomic E-state index is 0.660. The fraction of sp³-hybridized carbons (Fsp3) is 0.250. The summed E-state index contributed by atoms with van der Waals surface area (Å²) in [6.07, 6.45) is 1.81. The van der Waals surface area contributed by atoms with Gasteiger partial charge in [0.2, 0.25) is 0 Å². The largest absolute Gasteiger partial charge is 0.393 e. The van der Waals surface area contributed by atoms with Gasteiger partial charge in [0.25, 0.3) is 4.62 Å². The fourth-order valence-electron chi connectivity index (χ4n) is 0.196. The van der Waals surface area contributed by atoms with Crippen molar-refractivity contribution in [3.63, 3.8) is 0 Å². The van der Waals surface area contributed by atoms with Crippen molar-refractivity contribution in [3.05, 3.63) is 9.78 Å². The first-order chi connectivity index (χ1) is 3.68. The average molecular weight is 290 g/mol. The molecular weight excluding hydrogens is 283 g/mol. The molecule has 8 heavy (non-hydrogen) atoms. The van der Waals surface area contributed by atoms with E-state index < -0.39 is 0 Å². The molecule has 2 nitrogen and oxygen atoms in total. The lowest BCUT2D eigenvalue weighted by Crippen LogP contribution is -2.35. The Morgan fingerprint density at radius 2 is 2.38 bits per heavy atom. The Bertz CT molecular complexity index is 121. The predicted octanol–water partition coefficient (Wildman–Crippen LogP) is 0.0347. The van der Waals surface area contributed by atoms with Gasteiger partial charge in [-0.25, -0.2) is 5.41 Å². The smallest absolute Gasteiger partial charge is 0.254 e. The molecule has 3 N–H and O–H groups in total. The van der Waals surface area contributed by atoms with Crippen LogP contribution in [0.2, 0.25) is 0 Å². The summed E-state index contributed by atoms with van der Waals surface area (Å²) >= 11 is 5.24. The predicted molar refractivity (Wildman–Crippen MR) is 47.0 cm³/mol. The van der Waals surface area contributed by atoms with E-state index in [-0.39, 0.29) is 0 Å². The molecule has 0 bridgehead atoms. The monoisotopic (exact) mass is 289 g/mol. The zero-order valence-corrected chi connectivity index (χ0v) is 8.15. The van der Waals surface area contributed by atoms with E-state index in [4.69, 9.17) is 5.41 Å². The van der Waals surface area contributed by atoms with Gasteiger partial charge in [0.15, 0.2) is 0 Å². The van der Waals surface area contributed by atoms with Gasteiger partial charge in [-0.05, 0) is 22.6 Å². The second-order valence-electron chi connectivity index (χ2n) is 1.13. The van der Waals surface area contributed by atoms with Crippen LogP contribution in [0.5, 0.6) is 0 Å². The average Bonchev–Trinajstić information content (AvgIpc) is 1.67. The Morgan fingerprint density at radius 3 is 2.50 bits per heavy atom. The minimum atomic E-state index is 0.660. The summed E-state index contributed by atoms with van der Waals surface area (Å²) in [6, 6.07) is 0. The number of hydrogen-bond acceptors (Lipinski definition) is 1. The maximum absolute atomic E-state index is 5.34. The lowest BCUT2D eigenvalue weighted by Gasteiger charge is -1.86. The van der Waals surface area contributed by atoms with E-state index >= 15 is 0 Å². The van der Waals surface area contributed by atoms with Crippen molar-refractivity contribution in [2.45, 2.75) is 0 Å². The van der Waals surface area contributed by atoms with Gasteiger partial charge in [0.05, 0.1) is 0 Å². The maximum atomic E-state index is 5.34. The SMILES string of the molecule is CN/C=C(/I)C(=[NH2+])Br. The highest BCUT2D eigenvalue weighted by Crippen LogP contribution is 2.06. The van der Waals surface area contributed by atoms with Gasteiger partial charge in [-0.15, -0.1) is 0 Å². The molecule has 0 aromatic rings. The molecule has 4 heteroatoms. The van der Waals surface area contributed by atoms with Gasteiger partial charge >= 0.3 is 0 Å². The summed E-state index contributed by atoms with van der Waals surface area (Å²) in [5.41, 5.74) is 0. The van der Waals surface area contributed by atoms with Crippen LogP contribution in [0.3, 0.4) is 0 Å². The summed E-state index contributed by atoms with van der Waals surface area (Å²) < 4.78 is 1.64. The van der Waals surface area contributed by atoms with Crippen molar-refractivity contribution < 1.29 is 5.41 Å². The Hall–Kier alpha value is 0.420. The van der Waals surface area contributed by atoms with Crippen LogP contribution in [0, 0.1) is 0 Å². The standard InChI is InChI=1S/C4H6BrIN2/c1-8-2-3(6)4(5)7/h2,7-8H,1H3/p+1/b3-2+,7-4?. The lowest BCUT2D eigenvalue weighted by molar-refractivity contribution is -0.106. The molecule has 0 spiro atoms. The van der Waals surface area contributed by atoms with Gasteiger partial charge < -0.3 is 5.32 Å². The minimum Gasteiger partial charge on any atom is -0.393 e. The second kappa shape index (κ2) is 4.31. The van der Waals surface area contributed by atoms with Crippen LogP contribution in [-0.4, -0.2) is 11.7 Å². The molecular formula is C4H7BrIN2+. The van der Waals surface area contributed by atoms with Crippen LogP contribution in [0.1, 0.15) is 0 Å². The van der Waals surface area contributed by atoms with E-state index in [0.717, 1.165) is 3.58 Å². The Labute approximate surface area is 70.5 Å². The molecule has 0 rings (SSSR count). The van der Waals surface area contributed by atoms with Crippen LogP contribution >= 0.6 is 38.5 Å². The van der Waals surface area contributed by atoms with Crippen LogP contribution in [0.25, 0.3) is 0 Å². The quantitative estimate of drug-likeness (QED) is 0.547. The van der Waals surface area contributed by atoms with Crippen LogP contribution in [0.15, 0.2) is 9.78 Å². The maximum Gasteiger partial charge on any atom is 0.254 e. The summed E-state index contributed by atoms with van der Waals surface area (Å²) in [5.74, 6) is 0. The van der Waals surface area contributed by atoms with Gasteiger partial charge in [0, 0.05) is 29.2 Å². The molecule has 0 amide bonds. The van der Waals surface area contributed by atoms with E-state index in [1.807, 2.05) is 13.2 Å². The van der Waals surface area contributed by atoms with Crippen LogP contribution in [0.4, 0.5) is 0 Å². The van der Waals surface area contributed by atoms with Gasteiger partial charge in [0.1, 0.15) is 3.58 Å². The molecule has 0 aliphatic carbocycles. The first-order valence-electron chi connectivity index (χ1n) is 1.99. The topological polar surface area (TPSA) is 37.6 Å². The molecule has 0 aliphatic rings. The molecule has 0 aromatic heterocycles. The third-order valence-corrected chi connectivity index (χ3v) is 2.56. The van der Waals surface area contributed by atoms with Crippen LogP contribution < -0.4 is 10.7 Å². The van der Waals surface area contributed by atoms with Crippen LogP contribution in [-0.2, 0) is 0 Å². The second-order valence-corrected chi connectivity index (χ2v) is 3.15.